The maximum absolute atomic E-state index is 12.8. The van der Waals surface area contributed by atoms with Crippen LogP contribution in [0.5, 0.6) is 5.75 Å². The van der Waals surface area contributed by atoms with Crippen molar-refractivity contribution in [1.82, 2.24) is 5.32 Å². The summed E-state index contributed by atoms with van der Waals surface area (Å²) in [5.41, 5.74) is 3.81. The Kier molecular flexibility index (Phi) is 7.43. The van der Waals surface area contributed by atoms with Crippen molar-refractivity contribution < 1.29 is 17.9 Å². The Balaban J connectivity index is 1.64. The van der Waals surface area contributed by atoms with Crippen molar-refractivity contribution >= 4 is 33.2 Å². The smallest absolute Gasteiger partial charge is 0.263 e. The summed E-state index contributed by atoms with van der Waals surface area (Å²) < 4.78 is 33.8. The summed E-state index contributed by atoms with van der Waals surface area (Å²) in [5, 5.41) is 2.76. The zero-order valence-corrected chi connectivity index (χ0v) is 19.7. The van der Waals surface area contributed by atoms with E-state index in [0.717, 1.165) is 16.9 Å². The summed E-state index contributed by atoms with van der Waals surface area (Å²) in [6.45, 7) is 6.43. The van der Waals surface area contributed by atoms with E-state index < -0.39 is 15.9 Å². The number of hydrogen-bond acceptors (Lipinski definition) is 4. The van der Waals surface area contributed by atoms with Gasteiger partial charge in [0.1, 0.15) is 17.3 Å². The molecule has 2 N–H and O–H groups in total. The molecule has 0 saturated heterocycles. The van der Waals surface area contributed by atoms with E-state index in [1.807, 2.05) is 45.0 Å². The van der Waals surface area contributed by atoms with Crippen LogP contribution in [0.15, 0.2) is 65.6 Å². The number of hydrogen-bond donors (Lipinski definition) is 2. The second-order valence-electron chi connectivity index (χ2n) is 7.47. The highest BCUT2D eigenvalue weighted by atomic mass is 35.5. The molecule has 3 rings (SSSR count). The first-order valence-corrected chi connectivity index (χ1v) is 11.9. The number of halogens is 1. The van der Waals surface area contributed by atoms with Gasteiger partial charge < -0.3 is 10.1 Å². The Labute approximate surface area is 193 Å². The van der Waals surface area contributed by atoms with E-state index in [0.29, 0.717) is 5.69 Å². The Morgan fingerprint density at radius 1 is 0.969 bits per heavy atom. The number of anilines is 1. The van der Waals surface area contributed by atoms with E-state index in [4.69, 9.17) is 16.3 Å². The van der Waals surface area contributed by atoms with Gasteiger partial charge in [-0.15, -0.1) is 0 Å². The van der Waals surface area contributed by atoms with Crippen molar-refractivity contribution in [3.63, 3.8) is 0 Å². The molecule has 1 amide bonds. The largest absolute Gasteiger partial charge is 0.492 e. The van der Waals surface area contributed by atoms with Gasteiger partial charge in [-0.05, 0) is 79.9 Å². The van der Waals surface area contributed by atoms with Crippen molar-refractivity contribution in [3.05, 3.63) is 87.9 Å². The number of ether oxygens (including phenoxy) is 1. The molecule has 0 aromatic heterocycles. The van der Waals surface area contributed by atoms with Crippen LogP contribution in [0.4, 0.5) is 5.69 Å². The van der Waals surface area contributed by atoms with Crippen LogP contribution in [-0.2, 0) is 10.0 Å². The van der Waals surface area contributed by atoms with Crippen molar-refractivity contribution in [2.24, 2.45) is 0 Å². The Hall–Kier alpha value is -3.03. The first kappa shape index (κ1) is 23.6. The molecular weight excluding hydrogens is 448 g/mol. The lowest BCUT2D eigenvalue weighted by Crippen LogP contribution is -2.28. The third-order valence-corrected chi connectivity index (χ3v) is 6.75. The van der Waals surface area contributed by atoms with Gasteiger partial charge in [0.2, 0.25) is 0 Å². The molecule has 0 radical (unpaired) electrons. The van der Waals surface area contributed by atoms with Gasteiger partial charge in [-0.1, -0.05) is 29.8 Å². The summed E-state index contributed by atoms with van der Waals surface area (Å²) in [5.74, 6) is 0.307. The molecule has 0 bridgehead atoms. The number of nitrogens with one attached hydrogen (secondary N) is 2. The first-order valence-electron chi connectivity index (χ1n) is 10.0. The van der Waals surface area contributed by atoms with E-state index in [1.54, 1.807) is 18.2 Å². The summed E-state index contributed by atoms with van der Waals surface area (Å²) in [6, 6.07) is 16.9. The fourth-order valence-electron chi connectivity index (χ4n) is 3.01. The zero-order valence-electron chi connectivity index (χ0n) is 18.1. The average molecular weight is 473 g/mol. The number of carbonyl (C=O) groups is 1. The molecule has 0 fully saturated rings. The van der Waals surface area contributed by atoms with Crippen LogP contribution >= 0.6 is 11.6 Å². The second kappa shape index (κ2) is 10.1. The van der Waals surface area contributed by atoms with E-state index in [9.17, 15) is 13.2 Å². The molecule has 0 atom stereocenters. The minimum absolute atomic E-state index is 0.0276. The molecule has 0 unspecified atom stereocenters. The molecule has 8 heteroatoms. The van der Waals surface area contributed by atoms with Crippen LogP contribution in [0.1, 0.15) is 27.0 Å². The molecule has 0 aliphatic heterocycles. The third kappa shape index (κ3) is 6.02. The number of rotatable bonds is 8. The highest BCUT2D eigenvalue weighted by Gasteiger charge is 2.20. The van der Waals surface area contributed by atoms with Crippen LogP contribution in [-0.4, -0.2) is 27.5 Å². The van der Waals surface area contributed by atoms with Gasteiger partial charge in [0.15, 0.2) is 0 Å². The maximum Gasteiger partial charge on any atom is 0.263 e. The molecule has 3 aromatic rings. The highest BCUT2D eigenvalue weighted by molar-refractivity contribution is 7.92. The predicted octanol–water partition coefficient (Wildman–Crippen LogP) is 4.87. The predicted molar refractivity (Wildman–Crippen MR) is 127 cm³/mol. The van der Waals surface area contributed by atoms with Crippen LogP contribution in [0, 0.1) is 20.8 Å². The lowest BCUT2D eigenvalue weighted by Gasteiger charge is -2.12. The minimum Gasteiger partial charge on any atom is -0.492 e. The fourth-order valence-corrected chi connectivity index (χ4v) is 4.58. The van der Waals surface area contributed by atoms with Crippen molar-refractivity contribution in [2.45, 2.75) is 25.7 Å². The van der Waals surface area contributed by atoms with Gasteiger partial charge in [-0.3, -0.25) is 9.52 Å². The molecule has 168 valence electrons. The van der Waals surface area contributed by atoms with E-state index in [-0.39, 0.29) is 28.6 Å². The fraction of sp³-hybridized carbons (Fsp3) is 0.208. The van der Waals surface area contributed by atoms with Crippen LogP contribution in [0.25, 0.3) is 0 Å². The van der Waals surface area contributed by atoms with Gasteiger partial charge in [0.25, 0.3) is 15.9 Å². The zero-order chi connectivity index (χ0) is 23.3. The molecule has 0 aliphatic rings. The molecule has 6 nitrogen and oxygen atoms in total. The first-order chi connectivity index (χ1) is 15.2. The molecule has 0 heterocycles. The van der Waals surface area contributed by atoms with Crippen molar-refractivity contribution in [1.29, 1.82) is 0 Å². The Morgan fingerprint density at radius 2 is 1.75 bits per heavy atom. The van der Waals surface area contributed by atoms with Gasteiger partial charge in [0.05, 0.1) is 11.6 Å². The Morgan fingerprint density at radius 3 is 2.47 bits per heavy atom. The van der Waals surface area contributed by atoms with Crippen LogP contribution < -0.4 is 14.8 Å². The van der Waals surface area contributed by atoms with Gasteiger partial charge in [-0.25, -0.2) is 8.42 Å². The molecule has 0 saturated carbocycles. The second-order valence-corrected chi connectivity index (χ2v) is 9.53. The summed E-state index contributed by atoms with van der Waals surface area (Å²) in [6.07, 6.45) is 0. The van der Waals surface area contributed by atoms with E-state index in [2.05, 4.69) is 10.0 Å². The summed E-state index contributed by atoms with van der Waals surface area (Å²) in [7, 11) is -3.97. The number of carbonyl (C=O) groups excluding carboxylic acids is 1. The topological polar surface area (TPSA) is 84.5 Å². The van der Waals surface area contributed by atoms with Crippen LogP contribution in [0.2, 0.25) is 5.02 Å². The van der Waals surface area contributed by atoms with Gasteiger partial charge >= 0.3 is 0 Å². The molecular formula is C24H25ClN2O4S. The molecule has 32 heavy (non-hydrogen) atoms. The van der Waals surface area contributed by atoms with Crippen molar-refractivity contribution in [3.8, 4) is 5.75 Å². The lowest BCUT2D eigenvalue weighted by atomic mass is 10.1. The number of sulfonamides is 1. The number of amides is 1. The minimum atomic E-state index is -3.97. The van der Waals surface area contributed by atoms with E-state index >= 15 is 0 Å². The number of benzene rings is 3. The van der Waals surface area contributed by atoms with Gasteiger partial charge in [-0.2, -0.15) is 0 Å². The number of aryl methyl sites for hydroxylation is 3. The van der Waals surface area contributed by atoms with Crippen molar-refractivity contribution in [2.75, 3.05) is 17.9 Å². The average Bonchev–Trinajstić information content (AvgIpc) is 2.73. The standard InChI is InChI=1S/C24H25ClN2O4S/c1-16-5-4-6-20(13-16)27-32(29,30)23-15-19(8-10-22(23)25)24(28)26-11-12-31-21-9-7-17(2)18(3)14-21/h4-10,13-15,27H,11-12H2,1-3H3,(H,26,28). The molecule has 0 spiro atoms. The third-order valence-electron chi connectivity index (χ3n) is 4.89. The molecule has 3 aromatic carbocycles. The monoisotopic (exact) mass is 472 g/mol. The summed E-state index contributed by atoms with van der Waals surface area (Å²) in [4.78, 5) is 12.4. The summed E-state index contributed by atoms with van der Waals surface area (Å²) >= 11 is 6.13. The normalized spacial score (nSPS) is 11.1. The van der Waals surface area contributed by atoms with Gasteiger partial charge in [0, 0.05) is 11.3 Å². The lowest BCUT2D eigenvalue weighted by molar-refractivity contribution is 0.0947. The molecule has 0 aliphatic carbocycles. The quantitative estimate of drug-likeness (QED) is 0.458. The van der Waals surface area contributed by atoms with E-state index in [1.165, 1.54) is 23.8 Å². The van der Waals surface area contributed by atoms with Crippen LogP contribution in [0.3, 0.4) is 0 Å². The maximum atomic E-state index is 12.8. The highest BCUT2D eigenvalue weighted by Crippen LogP contribution is 2.25. The Bertz CT molecular complexity index is 1240. The SMILES string of the molecule is Cc1cccc(NS(=O)(=O)c2cc(C(=O)NCCOc3ccc(C)c(C)c3)ccc2Cl)c1.